The summed E-state index contributed by atoms with van der Waals surface area (Å²) in [6, 6.07) is 3.44. The first-order chi connectivity index (χ1) is 6.72. The van der Waals surface area contributed by atoms with E-state index < -0.39 is 0 Å². The molecule has 1 aromatic rings. The van der Waals surface area contributed by atoms with Crippen LogP contribution < -0.4 is 4.74 Å². The maximum Gasteiger partial charge on any atom is 0.134 e. The molecule has 1 N–H and O–H groups in total. The number of aromatic hydroxyl groups is 1. The van der Waals surface area contributed by atoms with Gasteiger partial charge in [-0.25, -0.2) is 0 Å². The smallest absolute Gasteiger partial charge is 0.134 e. The second kappa shape index (κ2) is 3.21. The van der Waals surface area contributed by atoms with E-state index in [1.807, 2.05) is 13.0 Å². The van der Waals surface area contributed by atoms with Crippen LogP contribution in [0.2, 0.25) is 0 Å². The minimum absolute atomic E-state index is 0.238. The second-order valence-electron chi connectivity index (χ2n) is 3.14. The summed E-state index contributed by atoms with van der Waals surface area (Å²) in [4.78, 5) is 4.70. The van der Waals surface area contributed by atoms with Gasteiger partial charge in [0.15, 0.2) is 0 Å². The molecule has 0 atom stereocenters. The van der Waals surface area contributed by atoms with Crippen LogP contribution in [0.3, 0.4) is 0 Å². The van der Waals surface area contributed by atoms with Crippen LogP contribution in [0.5, 0.6) is 11.5 Å². The highest BCUT2D eigenvalue weighted by atomic mass is 16.6. The van der Waals surface area contributed by atoms with Gasteiger partial charge in [0.05, 0.1) is 0 Å². The largest absolute Gasteiger partial charge is 0.508 e. The van der Waals surface area contributed by atoms with Crippen LogP contribution in [-0.4, -0.2) is 24.5 Å². The minimum atomic E-state index is 0.238. The number of oxime groups is 1. The van der Waals surface area contributed by atoms with Gasteiger partial charge in [0.2, 0.25) is 0 Å². The van der Waals surface area contributed by atoms with Crippen molar-refractivity contribution in [2.75, 3.05) is 13.7 Å². The number of rotatable bonds is 1. The van der Waals surface area contributed by atoms with Gasteiger partial charge < -0.3 is 14.7 Å². The lowest BCUT2D eigenvalue weighted by atomic mass is 10.1. The third kappa shape index (κ3) is 1.28. The summed E-state index contributed by atoms with van der Waals surface area (Å²) in [6.07, 6.45) is 0. The van der Waals surface area contributed by atoms with Crippen molar-refractivity contribution in [2.45, 2.75) is 6.92 Å². The molecule has 14 heavy (non-hydrogen) atoms. The highest BCUT2D eigenvalue weighted by Crippen LogP contribution is 2.32. The molecule has 1 heterocycles. The average Bonchev–Trinajstić information content (AvgIpc) is 2.51. The molecule has 74 valence electrons. The van der Waals surface area contributed by atoms with Crippen LogP contribution in [-0.2, 0) is 4.84 Å². The Balaban J connectivity index is 2.50. The van der Waals surface area contributed by atoms with E-state index in [-0.39, 0.29) is 5.75 Å². The number of ether oxygens (including phenoxy) is 1. The molecule has 0 saturated carbocycles. The third-order valence-corrected chi connectivity index (χ3v) is 2.17. The maximum absolute atomic E-state index is 9.45. The summed E-state index contributed by atoms with van der Waals surface area (Å²) in [5.41, 5.74) is 2.45. The Hall–Kier alpha value is -1.71. The lowest BCUT2D eigenvalue weighted by Crippen LogP contribution is -2.02. The van der Waals surface area contributed by atoms with Crippen molar-refractivity contribution in [3.63, 3.8) is 0 Å². The van der Waals surface area contributed by atoms with Crippen molar-refractivity contribution >= 4 is 5.71 Å². The molecular formula is C10H11NO3. The number of benzene rings is 1. The monoisotopic (exact) mass is 193 g/mol. The highest BCUT2D eigenvalue weighted by Gasteiger charge is 2.21. The van der Waals surface area contributed by atoms with Gasteiger partial charge in [0.25, 0.3) is 0 Å². The van der Waals surface area contributed by atoms with Crippen molar-refractivity contribution in [2.24, 2.45) is 5.16 Å². The van der Waals surface area contributed by atoms with Gasteiger partial charge in [-0.2, -0.15) is 0 Å². The fraction of sp³-hybridized carbons (Fsp3) is 0.300. The summed E-state index contributed by atoms with van der Waals surface area (Å²) in [7, 11) is 1.50. The Morgan fingerprint density at radius 2 is 2.29 bits per heavy atom. The van der Waals surface area contributed by atoms with Crippen LogP contribution in [0, 0.1) is 6.92 Å². The zero-order chi connectivity index (χ0) is 10.1. The SMILES string of the molecule is CON=C1COc2cc(O)c(C)cc21. The van der Waals surface area contributed by atoms with Gasteiger partial charge in [-0.3, -0.25) is 0 Å². The standard InChI is InChI=1S/C10H11NO3/c1-6-3-7-8(11-13-2)5-14-10(7)4-9(6)12/h3-4,12H,5H2,1-2H3. The lowest BCUT2D eigenvalue weighted by Gasteiger charge is -2.01. The zero-order valence-corrected chi connectivity index (χ0v) is 8.07. The fourth-order valence-electron chi connectivity index (χ4n) is 1.43. The van der Waals surface area contributed by atoms with E-state index in [9.17, 15) is 5.11 Å². The zero-order valence-electron chi connectivity index (χ0n) is 8.07. The molecule has 1 aliphatic rings. The molecule has 0 aromatic heterocycles. The lowest BCUT2D eigenvalue weighted by molar-refractivity contribution is 0.211. The third-order valence-electron chi connectivity index (χ3n) is 2.17. The average molecular weight is 193 g/mol. The second-order valence-corrected chi connectivity index (χ2v) is 3.14. The first-order valence-electron chi connectivity index (χ1n) is 4.29. The number of hydrogen-bond acceptors (Lipinski definition) is 4. The Bertz CT molecular complexity index is 399. The van der Waals surface area contributed by atoms with E-state index >= 15 is 0 Å². The Kier molecular flexibility index (Phi) is 2.04. The predicted octanol–water partition coefficient (Wildman–Crippen LogP) is 1.44. The van der Waals surface area contributed by atoms with Crippen LogP contribution in [0.4, 0.5) is 0 Å². The number of aryl methyl sites for hydroxylation is 1. The molecule has 0 bridgehead atoms. The molecule has 0 radical (unpaired) electrons. The molecule has 0 spiro atoms. The first kappa shape index (κ1) is 8.87. The van der Waals surface area contributed by atoms with Crippen LogP contribution in [0.1, 0.15) is 11.1 Å². The number of hydrogen-bond donors (Lipinski definition) is 1. The van der Waals surface area contributed by atoms with E-state index in [1.165, 1.54) is 7.11 Å². The molecule has 4 nitrogen and oxygen atoms in total. The minimum Gasteiger partial charge on any atom is -0.508 e. The van der Waals surface area contributed by atoms with E-state index in [4.69, 9.17) is 9.57 Å². The molecule has 0 amide bonds. The van der Waals surface area contributed by atoms with Gasteiger partial charge >= 0.3 is 0 Å². The summed E-state index contributed by atoms with van der Waals surface area (Å²) in [6.45, 7) is 2.23. The molecule has 0 saturated heterocycles. The Morgan fingerprint density at radius 1 is 1.50 bits per heavy atom. The fourth-order valence-corrected chi connectivity index (χ4v) is 1.43. The van der Waals surface area contributed by atoms with E-state index in [0.717, 1.165) is 16.8 Å². The van der Waals surface area contributed by atoms with E-state index in [0.29, 0.717) is 12.4 Å². The number of fused-ring (bicyclic) bond motifs is 1. The van der Waals surface area contributed by atoms with Gasteiger partial charge in [-0.15, -0.1) is 0 Å². The summed E-state index contributed by atoms with van der Waals surface area (Å²) in [5.74, 6) is 0.895. The molecule has 2 rings (SSSR count). The number of phenolic OH excluding ortho intramolecular Hbond substituents is 1. The quantitative estimate of drug-likeness (QED) is 0.686. The summed E-state index contributed by atoms with van der Waals surface area (Å²) < 4.78 is 5.33. The Morgan fingerprint density at radius 3 is 3.00 bits per heavy atom. The maximum atomic E-state index is 9.45. The molecular weight excluding hydrogens is 182 g/mol. The van der Waals surface area contributed by atoms with Crippen molar-refractivity contribution in [1.29, 1.82) is 0 Å². The molecule has 4 heteroatoms. The van der Waals surface area contributed by atoms with Crippen LogP contribution >= 0.6 is 0 Å². The van der Waals surface area contributed by atoms with Gasteiger partial charge in [-0.1, -0.05) is 5.16 Å². The van der Waals surface area contributed by atoms with Crippen LogP contribution in [0.25, 0.3) is 0 Å². The molecule has 1 aliphatic heterocycles. The first-order valence-corrected chi connectivity index (χ1v) is 4.29. The highest BCUT2D eigenvalue weighted by molar-refractivity contribution is 6.06. The van der Waals surface area contributed by atoms with Crippen molar-refractivity contribution in [3.05, 3.63) is 23.3 Å². The van der Waals surface area contributed by atoms with Gasteiger partial charge in [0.1, 0.15) is 30.9 Å². The van der Waals surface area contributed by atoms with Gasteiger partial charge in [0, 0.05) is 11.6 Å². The summed E-state index contributed by atoms with van der Waals surface area (Å²) in [5, 5.41) is 13.3. The van der Waals surface area contributed by atoms with E-state index in [1.54, 1.807) is 6.07 Å². The normalized spacial score (nSPS) is 16.6. The van der Waals surface area contributed by atoms with Crippen molar-refractivity contribution in [1.82, 2.24) is 0 Å². The molecule has 1 aromatic carbocycles. The van der Waals surface area contributed by atoms with Crippen LogP contribution in [0.15, 0.2) is 17.3 Å². The van der Waals surface area contributed by atoms with E-state index in [2.05, 4.69) is 5.16 Å². The molecule has 0 unspecified atom stereocenters. The predicted molar refractivity (Wildman–Crippen MR) is 51.9 cm³/mol. The molecule has 0 aliphatic carbocycles. The number of nitrogens with zero attached hydrogens (tertiary/aromatic N) is 1. The van der Waals surface area contributed by atoms with Crippen molar-refractivity contribution < 1.29 is 14.7 Å². The van der Waals surface area contributed by atoms with Gasteiger partial charge in [-0.05, 0) is 18.6 Å². The van der Waals surface area contributed by atoms with Crippen molar-refractivity contribution in [3.8, 4) is 11.5 Å². The molecule has 0 fully saturated rings. The topological polar surface area (TPSA) is 51.0 Å². The number of phenols is 1. The summed E-state index contributed by atoms with van der Waals surface area (Å²) >= 11 is 0. The Labute approximate surface area is 81.8 Å².